The average molecular weight is 341 g/mol. The lowest BCUT2D eigenvalue weighted by atomic mass is 10.1. The summed E-state index contributed by atoms with van der Waals surface area (Å²) in [4.78, 5) is 0. The summed E-state index contributed by atoms with van der Waals surface area (Å²) in [5, 5.41) is 3.46. The highest BCUT2D eigenvalue weighted by molar-refractivity contribution is 5.47. The molecule has 0 aliphatic carbocycles. The van der Waals surface area contributed by atoms with Gasteiger partial charge in [-0.15, -0.1) is 0 Å². The summed E-state index contributed by atoms with van der Waals surface area (Å²) in [5.41, 5.74) is 2.25. The van der Waals surface area contributed by atoms with Gasteiger partial charge in [-0.2, -0.15) is 0 Å². The van der Waals surface area contributed by atoms with Crippen molar-refractivity contribution in [2.75, 3.05) is 18.5 Å². The second kappa shape index (κ2) is 9.97. The van der Waals surface area contributed by atoms with E-state index in [0.29, 0.717) is 11.8 Å². The zero-order valence-corrected chi connectivity index (χ0v) is 15.9. The van der Waals surface area contributed by atoms with Gasteiger partial charge >= 0.3 is 0 Å². The first-order valence-electron chi connectivity index (χ1n) is 9.22. The Hall–Kier alpha value is -2.16. The number of hydrogen-bond acceptors (Lipinski definition) is 3. The van der Waals surface area contributed by atoms with Crippen molar-refractivity contribution in [3.05, 3.63) is 54.1 Å². The molecular weight excluding hydrogens is 310 g/mol. The Morgan fingerprint density at radius 3 is 2.24 bits per heavy atom. The topological polar surface area (TPSA) is 30.5 Å². The molecule has 2 aromatic carbocycles. The van der Waals surface area contributed by atoms with Crippen molar-refractivity contribution < 1.29 is 9.47 Å². The van der Waals surface area contributed by atoms with Crippen molar-refractivity contribution >= 4 is 5.69 Å². The minimum absolute atomic E-state index is 0.532. The van der Waals surface area contributed by atoms with Gasteiger partial charge in [-0.05, 0) is 48.6 Å². The third-order valence-electron chi connectivity index (χ3n) is 3.85. The summed E-state index contributed by atoms with van der Waals surface area (Å²) < 4.78 is 11.7. The molecule has 0 saturated carbocycles. The Labute approximate surface area is 152 Å². The lowest BCUT2D eigenvalue weighted by Crippen LogP contribution is -2.06. The van der Waals surface area contributed by atoms with Crippen LogP contribution in [0.4, 0.5) is 5.69 Å². The lowest BCUT2D eigenvalue weighted by molar-refractivity contribution is 0.271. The van der Waals surface area contributed by atoms with Crippen molar-refractivity contribution in [1.29, 1.82) is 0 Å². The molecule has 2 aromatic rings. The van der Waals surface area contributed by atoms with Crippen LogP contribution in [0.2, 0.25) is 0 Å². The molecule has 0 aliphatic heterocycles. The Bertz CT molecular complexity index is 620. The number of nitrogens with one attached hydrogen (secondary N) is 1. The fourth-order valence-electron chi connectivity index (χ4n) is 2.32. The van der Waals surface area contributed by atoms with Crippen molar-refractivity contribution in [1.82, 2.24) is 0 Å². The van der Waals surface area contributed by atoms with Gasteiger partial charge in [0, 0.05) is 17.8 Å². The molecule has 0 fully saturated rings. The highest BCUT2D eigenvalue weighted by Gasteiger charge is 2.04. The molecule has 3 nitrogen and oxygen atoms in total. The molecule has 0 bridgehead atoms. The molecule has 0 spiro atoms. The molecule has 0 heterocycles. The van der Waals surface area contributed by atoms with Gasteiger partial charge in [0.05, 0.1) is 13.2 Å². The first-order valence-corrected chi connectivity index (χ1v) is 9.22. The second-order valence-corrected chi connectivity index (χ2v) is 7.22. The molecule has 0 aliphatic rings. The van der Waals surface area contributed by atoms with Crippen LogP contribution in [0.25, 0.3) is 0 Å². The Balaban J connectivity index is 1.88. The molecule has 0 saturated heterocycles. The predicted octanol–water partition coefficient (Wildman–Crippen LogP) is 5.76. The van der Waals surface area contributed by atoms with Gasteiger partial charge in [0.2, 0.25) is 0 Å². The summed E-state index contributed by atoms with van der Waals surface area (Å²) in [6.07, 6.45) is 1.07. The van der Waals surface area contributed by atoms with Crippen LogP contribution in [-0.4, -0.2) is 13.2 Å². The Kier molecular flexibility index (Phi) is 7.65. The number of ether oxygens (including phenoxy) is 2. The molecule has 25 heavy (non-hydrogen) atoms. The van der Waals surface area contributed by atoms with Crippen LogP contribution in [0.1, 0.15) is 39.7 Å². The van der Waals surface area contributed by atoms with Gasteiger partial charge < -0.3 is 14.8 Å². The van der Waals surface area contributed by atoms with Gasteiger partial charge in [0.1, 0.15) is 11.5 Å². The molecule has 1 N–H and O–H groups in total. The fraction of sp³-hybridized carbons (Fsp3) is 0.455. The second-order valence-electron chi connectivity index (χ2n) is 7.22. The van der Waals surface area contributed by atoms with Crippen LogP contribution in [0.5, 0.6) is 11.5 Å². The smallest absolute Gasteiger partial charge is 0.124 e. The molecule has 0 unspecified atom stereocenters. The summed E-state index contributed by atoms with van der Waals surface area (Å²) in [7, 11) is 0. The number of anilines is 1. The van der Waals surface area contributed by atoms with E-state index in [1.165, 1.54) is 5.56 Å². The summed E-state index contributed by atoms with van der Waals surface area (Å²) >= 11 is 0. The largest absolute Gasteiger partial charge is 0.493 e. The maximum Gasteiger partial charge on any atom is 0.124 e. The fourth-order valence-corrected chi connectivity index (χ4v) is 2.32. The van der Waals surface area contributed by atoms with E-state index in [0.717, 1.165) is 43.4 Å². The minimum atomic E-state index is 0.532. The molecule has 0 atom stereocenters. The van der Waals surface area contributed by atoms with Crippen molar-refractivity contribution in [3.8, 4) is 11.5 Å². The average Bonchev–Trinajstić information content (AvgIpc) is 2.59. The lowest BCUT2D eigenvalue weighted by Gasteiger charge is -2.14. The molecule has 0 amide bonds. The number of benzene rings is 2. The SMILES string of the molecule is CC(C)CCOc1ccccc1CNc1ccc(OCC(C)C)cc1. The van der Waals surface area contributed by atoms with E-state index in [1.54, 1.807) is 0 Å². The maximum atomic E-state index is 5.95. The molecule has 0 radical (unpaired) electrons. The first-order chi connectivity index (χ1) is 12.0. The third kappa shape index (κ3) is 7.08. The Morgan fingerprint density at radius 2 is 1.56 bits per heavy atom. The molecular formula is C22H31NO2. The molecule has 2 rings (SSSR count). The van der Waals surface area contributed by atoms with Crippen LogP contribution in [0.15, 0.2) is 48.5 Å². The van der Waals surface area contributed by atoms with E-state index in [4.69, 9.17) is 9.47 Å². The van der Waals surface area contributed by atoms with Crippen LogP contribution in [0, 0.1) is 11.8 Å². The minimum Gasteiger partial charge on any atom is -0.493 e. The highest BCUT2D eigenvalue weighted by Crippen LogP contribution is 2.21. The van der Waals surface area contributed by atoms with Gasteiger partial charge in [0.15, 0.2) is 0 Å². The predicted molar refractivity (Wildman–Crippen MR) is 105 cm³/mol. The van der Waals surface area contributed by atoms with Crippen molar-refractivity contribution in [3.63, 3.8) is 0 Å². The van der Waals surface area contributed by atoms with Gasteiger partial charge in [0.25, 0.3) is 0 Å². The van der Waals surface area contributed by atoms with E-state index in [-0.39, 0.29) is 0 Å². The van der Waals surface area contributed by atoms with Gasteiger partial charge in [-0.1, -0.05) is 45.9 Å². The first kappa shape index (κ1) is 19.2. The van der Waals surface area contributed by atoms with Crippen molar-refractivity contribution in [2.45, 2.75) is 40.7 Å². The van der Waals surface area contributed by atoms with Crippen LogP contribution in [0.3, 0.4) is 0 Å². The number of para-hydroxylation sites is 1. The molecule has 136 valence electrons. The normalized spacial score (nSPS) is 11.0. The maximum absolute atomic E-state index is 5.95. The van der Waals surface area contributed by atoms with Gasteiger partial charge in [-0.25, -0.2) is 0 Å². The standard InChI is InChI=1S/C22H31NO2/c1-17(2)13-14-24-22-8-6-5-7-19(22)15-23-20-9-11-21(12-10-20)25-16-18(3)4/h5-12,17-18,23H,13-16H2,1-4H3. The van der Waals surface area contributed by atoms with Crippen LogP contribution >= 0.6 is 0 Å². The zero-order chi connectivity index (χ0) is 18.1. The van der Waals surface area contributed by atoms with E-state index >= 15 is 0 Å². The summed E-state index contributed by atoms with van der Waals surface area (Å²) in [5.74, 6) is 3.07. The molecule has 3 heteroatoms. The zero-order valence-electron chi connectivity index (χ0n) is 15.9. The monoisotopic (exact) mass is 341 g/mol. The van der Waals surface area contributed by atoms with E-state index in [2.05, 4.69) is 57.3 Å². The van der Waals surface area contributed by atoms with E-state index in [1.807, 2.05) is 24.3 Å². The quantitative estimate of drug-likeness (QED) is 0.596. The highest BCUT2D eigenvalue weighted by atomic mass is 16.5. The van der Waals surface area contributed by atoms with E-state index < -0.39 is 0 Å². The van der Waals surface area contributed by atoms with E-state index in [9.17, 15) is 0 Å². The summed E-state index contributed by atoms with van der Waals surface area (Å²) in [6, 6.07) is 16.4. The number of rotatable bonds is 10. The van der Waals surface area contributed by atoms with Crippen molar-refractivity contribution in [2.24, 2.45) is 11.8 Å². The third-order valence-corrected chi connectivity index (χ3v) is 3.85. The Morgan fingerprint density at radius 1 is 0.840 bits per heavy atom. The molecule has 0 aromatic heterocycles. The van der Waals surface area contributed by atoms with Crippen LogP contribution < -0.4 is 14.8 Å². The summed E-state index contributed by atoms with van der Waals surface area (Å²) in [6.45, 7) is 11.0. The van der Waals surface area contributed by atoms with Crippen LogP contribution in [-0.2, 0) is 6.54 Å². The number of hydrogen-bond donors (Lipinski definition) is 1. The van der Waals surface area contributed by atoms with Gasteiger partial charge in [-0.3, -0.25) is 0 Å².